The number of ether oxygens (including phenoxy) is 1. The summed E-state index contributed by atoms with van der Waals surface area (Å²) in [4.78, 5) is 30.0. The lowest BCUT2D eigenvalue weighted by Gasteiger charge is -2.27. The van der Waals surface area contributed by atoms with Gasteiger partial charge in [-0.1, -0.05) is 30.7 Å². The Morgan fingerprint density at radius 3 is 2.42 bits per heavy atom. The van der Waals surface area contributed by atoms with Gasteiger partial charge in [0.05, 0.1) is 23.7 Å². The summed E-state index contributed by atoms with van der Waals surface area (Å²) in [6.45, 7) is 6.62. The van der Waals surface area contributed by atoms with Crippen LogP contribution in [0.4, 0.5) is 0 Å². The smallest absolute Gasteiger partial charge is 0.267 e. The molecule has 7 heteroatoms. The quantitative estimate of drug-likeness (QED) is 0.665. The van der Waals surface area contributed by atoms with Crippen LogP contribution in [-0.4, -0.2) is 66.8 Å². The summed E-state index contributed by atoms with van der Waals surface area (Å²) in [5.41, 5.74) is 1.25. The molecule has 0 aliphatic carbocycles. The minimum atomic E-state index is -0.199. The van der Waals surface area contributed by atoms with Crippen molar-refractivity contribution in [1.29, 1.82) is 0 Å². The Kier molecular flexibility index (Phi) is 6.75. The van der Waals surface area contributed by atoms with E-state index in [1.165, 1.54) is 16.7 Å². The number of thioether (sulfide) groups is 1. The number of imide groups is 1. The predicted octanol–water partition coefficient (Wildman–Crippen LogP) is 2.90. The molecule has 0 aromatic heterocycles. The maximum atomic E-state index is 12.9. The zero-order chi connectivity index (χ0) is 18.5. The van der Waals surface area contributed by atoms with Crippen LogP contribution in [0.25, 0.3) is 5.57 Å². The summed E-state index contributed by atoms with van der Waals surface area (Å²) in [7, 11) is 0. The number of hydrogen-bond donors (Lipinski definition) is 0. The second-order valence-corrected chi connectivity index (χ2v) is 7.92. The van der Waals surface area contributed by atoms with Crippen LogP contribution in [0.15, 0.2) is 29.2 Å². The Morgan fingerprint density at radius 1 is 1.08 bits per heavy atom. The molecule has 0 bridgehead atoms. The SMILES string of the molecule is CCSC1=C(c2ccc(Cl)cc2)C(=O)N(CCCN2CCOCC2)C1=O. The Bertz CT molecular complexity index is 699. The molecule has 2 heterocycles. The fraction of sp³-hybridized carbons (Fsp3) is 0.474. The van der Waals surface area contributed by atoms with E-state index in [9.17, 15) is 9.59 Å². The van der Waals surface area contributed by atoms with Crippen molar-refractivity contribution < 1.29 is 14.3 Å². The van der Waals surface area contributed by atoms with Crippen LogP contribution in [0.5, 0.6) is 0 Å². The van der Waals surface area contributed by atoms with Gasteiger partial charge >= 0.3 is 0 Å². The number of morpholine rings is 1. The van der Waals surface area contributed by atoms with Crippen LogP contribution in [0.3, 0.4) is 0 Å². The third-order valence-corrected chi connectivity index (χ3v) is 5.71. The minimum absolute atomic E-state index is 0.172. The highest BCUT2D eigenvalue weighted by atomic mass is 35.5. The number of carbonyl (C=O) groups is 2. The molecular formula is C19H23ClN2O3S. The maximum Gasteiger partial charge on any atom is 0.267 e. The highest BCUT2D eigenvalue weighted by Crippen LogP contribution is 2.36. The van der Waals surface area contributed by atoms with Crippen LogP contribution in [-0.2, 0) is 14.3 Å². The van der Waals surface area contributed by atoms with Gasteiger partial charge in [0.1, 0.15) is 0 Å². The van der Waals surface area contributed by atoms with E-state index in [1.54, 1.807) is 24.3 Å². The number of hydrogen-bond acceptors (Lipinski definition) is 5. The minimum Gasteiger partial charge on any atom is -0.379 e. The highest BCUT2D eigenvalue weighted by molar-refractivity contribution is 8.04. The van der Waals surface area contributed by atoms with E-state index in [0.29, 0.717) is 22.0 Å². The van der Waals surface area contributed by atoms with Crippen molar-refractivity contribution >= 4 is 40.8 Å². The van der Waals surface area contributed by atoms with E-state index in [2.05, 4.69) is 4.90 Å². The highest BCUT2D eigenvalue weighted by Gasteiger charge is 2.38. The molecule has 3 rings (SSSR count). The second kappa shape index (κ2) is 9.04. The third kappa shape index (κ3) is 4.31. The molecule has 1 saturated heterocycles. The molecule has 0 saturated carbocycles. The molecular weight excluding hydrogens is 372 g/mol. The van der Waals surface area contributed by atoms with Crippen molar-refractivity contribution in [3.63, 3.8) is 0 Å². The number of benzene rings is 1. The van der Waals surface area contributed by atoms with E-state index in [4.69, 9.17) is 16.3 Å². The number of nitrogens with zero attached hydrogens (tertiary/aromatic N) is 2. The van der Waals surface area contributed by atoms with Gasteiger partial charge < -0.3 is 4.74 Å². The summed E-state index contributed by atoms with van der Waals surface area (Å²) in [5, 5.41) is 0.609. The number of amides is 2. The van der Waals surface area contributed by atoms with Gasteiger partial charge in [0, 0.05) is 31.2 Å². The van der Waals surface area contributed by atoms with Gasteiger partial charge in [-0.2, -0.15) is 0 Å². The molecule has 26 heavy (non-hydrogen) atoms. The zero-order valence-electron chi connectivity index (χ0n) is 14.9. The molecule has 0 radical (unpaired) electrons. The molecule has 2 amide bonds. The van der Waals surface area contributed by atoms with Gasteiger partial charge in [-0.05, 0) is 29.9 Å². The van der Waals surface area contributed by atoms with Crippen LogP contribution >= 0.6 is 23.4 Å². The fourth-order valence-corrected chi connectivity index (χ4v) is 4.18. The van der Waals surface area contributed by atoms with Crippen molar-refractivity contribution in [2.24, 2.45) is 0 Å². The predicted molar refractivity (Wildman–Crippen MR) is 105 cm³/mol. The number of carbonyl (C=O) groups excluding carboxylic acids is 2. The van der Waals surface area contributed by atoms with E-state index in [-0.39, 0.29) is 11.8 Å². The van der Waals surface area contributed by atoms with E-state index >= 15 is 0 Å². The Hall–Kier alpha value is -1.34. The van der Waals surface area contributed by atoms with Gasteiger partial charge in [0.25, 0.3) is 11.8 Å². The van der Waals surface area contributed by atoms with Gasteiger partial charge in [-0.15, -0.1) is 11.8 Å². The molecule has 1 fully saturated rings. The standard InChI is InChI=1S/C19H23ClN2O3S/c1-2-26-17-16(14-4-6-15(20)7-5-14)18(23)22(19(17)24)9-3-8-21-10-12-25-13-11-21/h4-7H,2-3,8-13H2,1H3. The largest absolute Gasteiger partial charge is 0.379 e. The molecule has 0 N–H and O–H groups in total. The van der Waals surface area contributed by atoms with Gasteiger partial charge in [-0.3, -0.25) is 19.4 Å². The lowest BCUT2D eigenvalue weighted by atomic mass is 10.1. The van der Waals surface area contributed by atoms with E-state index < -0.39 is 0 Å². The van der Waals surface area contributed by atoms with E-state index in [0.717, 1.165) is 50.6 Å². The Morgan fingerprint density at radius 2 is 1.77 bits per heavy atom. The maximum absolute atomic E-state index is 12.9. The summed E-state index contributed by atoms with van der Waals surface area (Å²) in [6, 6.07) is 7.10. The average molecular weight is 395 g/mol. The molecule has 0 atom stereocenters. The van der Waals surface area contributed by atoms with Crippen LogP contribution in [0, 0.1) is 0 Å². The third-order valence-electron chi connectivity index (χ3n) is 4.51. The molecule has 1 aromatic rings. The van der Waals surface area contributed by atoms with E-state index in [1.807, 2.05) is 6.92 Å². The lowest BCUT2D eigenvalue weighted by Crippen LogP contribution is -2.39. The Labute approximate surface area is 163 Å². The zero-order valence-corrected chi connectivity index (χ0v) is 16.4. The molecule has 0 unspecified atom stereocenters. The van der Waals surface area contributed by atoms with Crippen LogP contribution < -0.4 is 0 Å². The molecule has 1 aromatic carbocycles. The van der Waals surface area contributed by atoms with Crippen molar-refractivity contribution in [3.05, 3.63) is 39.8 Å². The first-order valence-corrected chi connectivity index (χ1v) is 10.3. The Balaban J connectivity index is 1.70. The van der Waals surface area contributed by atoms with Gasteiger partial charge in [-0.25, -0.2) is 0 Å². The summed E-state index contributed by atoms with van der Waals surface area (Å²) >= 11 is 7.39. The van der Waals surface area contributed by atoms with Crippen molar-refractivity contribution in [2.75, 3.05) is 45.1 Å². The van der Waals surface area contributed by atoms with Crippen molar-refractivity contribution in [3.8, 4) is 0 Å². The molecule has 140 valence electrons. The summed E-state index contributed by atoms with van der Waals surface area (Å²) in [5.74, 6) is 0.372. The summed E-state index contributed by atoms with van der Waals surface area (Å²) < 4.78 is 5.35. The molecule has 0 spiro atoms. The lowest BCUT2D eigenvalue weighted by molar-refractivity contribution is -0.136. The van der Waals surface area contributed by atoms with Gasteiger partial charge in [0.15, 0.2) is 0 Å². The first-order valence-electron chi connectivity index (χ1n) is 8.91. The second-order valence-electron chi connectivity index (χ2n) is 6.21. The average Bonchev–Trinajstić information content (AvgIpc) is 2.88. The first kappa shape index (κ1) is 19.4. The van der Waals surface area contributed by atoms with Crippen LogP contribution in [0.1, 0.15) is 18.9 Å². The number of rotatable bonds is 7. The van der Waals surface area contributed by atoms with Crippen LogP contribution in [0.2, 0.25) is 5.02 Å². The van der Waals surface area contributed by atoms with Gasteiger partial charge in [0.2, 0.25) is 0 Å². The molecule has 2 aliphatic rings. The molecule has 2 aliphatic heterocycles. The molecule has 5 nitrogen and oxygen atoms in total. The topological polar surface area (TPSA) is 49.9 Å². The monoisotopic (exact) mass is 394 g/mol. The van der Waals surface area contributed by atoms with Crippen molar-refractivity contribution in [1.82, 2.24) is 9.80 Å². The first-order chi connectivity index (χ1) is 12.6. The number of halogens is 1. The normalized spacial score (nSPS) is 18.9. The summed E-state index contributed by atoms with van der Waals surface area (Å²) in [6.07, 6.45) is 0.773. The fourth-order valence-electron chi connectivity index (χ4n) is 3.18. The van der Waals surface area contributed by atoms with Crippen molar-refractivity contribution in [2.45, 2.75) is 13.3 Å².